The van der Waals surface area contributed by atoms with E-state index in [4.69, 9.17) is 9.47 Å². The molecule has 0 N–H and O–H groups in total. The van der Waals surface area contributed by atoms with Gasteiger partial charge in [-0.25, -0.2) is 0 Å². The number of likely N-dealkylation sites (N-methyl/N-ethyl adjacent to an activating group) is 1. The van der Waals surface area contributed by atoms with Crippen LogP contribution in [-0.2, 0) is 5.41 Å². The van der Waals surface area contributed by atoms with Gasteiger partial charge in [0, 0.05) is 11.5 Å². The van der Waals surface area contributed by atoms with Crippen molar-refractivity contribution in [2.75, 3.05) is 27.8 Å². The molecule has 1 saturated carbocycles. The van der Waals surface area contributed by atoms with Crippen molar-refractivity contribution in [2.45, 2.75) is 51.0 Å². The van der Waals surface area contributed by atoms with E-state index in [-0.39, 0.29) is 5.41 Å². The van der Waals surface area contributed by atoms with Crippen LogP contribution in [0.25, 0.3) is 0 Å². The lowest BCUT2D eigenvalue weighted by Crippen LogP contribution is -2.48. The molecule has 0 unspecified atom stereocenters. The van der Waals surface area contributed by atoms with Crippen LogP contribution in [0.3, 0.4) is 0 Å². The molecule has 22 heavy (non-hydrogen) atoms. The number of likely N-dealkylation sites (tertiary alicyclic amines) is 1. The standard InChI is InChI=1S/C19H29NO2/c1-18(2)8-9-19(10-11-20(3)17(19)13-18)14-6-7-15(21-4)16(12-14)22-5/h6-7,12,17H,8-11,13H2,1-5H3/t17-,19-/m0/s1. The molecule has 1 aromatic carbocycles. The Bertz CT molecular complexity index is 554. The van der Waals surface area contributed by atoms with Gasteiger partial charge in [-0.15, -0.1) is 0 Å². The smallest absolute Gasteiger partial charge is 0.161 e. The maximum atomic E-state index is 5.54. The first-order valence-electron chi connectivity index (χ1n) is 8.35. The quantitative estimate of drug-likeness (QED) is 0.846. The van der Waals surface area contributed by atoms with Gasteiger partial charge in [0.15, 0.2) is 11.5 Å². The Morgan fingerprint density at radius 3 is 2.45 bits per heavy atom. The van der Waals surface area contributed by atoms with E-state index in [1.54, 1.807) is 14.2 Å². The van der Waals surface area contributed by atoms with Crippen molar-refractivity contribution in [3.8, 4) is 11.5 Å². The second-order valence-electron chi connectivity index (χ2n) is 7.84. The lowest BCUT2D eigenvalue weighted by molar-refractivity contribution is 0.0935. The topological polar surface area (TPSA) is 21.7 Å². The monoisotopic (exact) mass is 303 g/mol. The van der Waals surface area contributed by atoms with E-state index in [2.05, 4.69) is 44.0 Å². The summed E-state index contributed by atoms with van der Waals surface area (Å²) in [7, 11) is 5.71. The molecule has 0 aromatic heterocycles. The average molecular weight is 303 g/mol. The van der Waals surface area contributed by atoms with Crippen molar-refractivity contribution in [3.63, 3.8) is 0 Å². The maximum absolute atomic E-state index is 5.54. The molecule has 2 atom stereocenters. The zero-order valence-corrected chi connectivity index (χ0v) is 14.6. The van der Waals surface area contributed by atoms with E-state index in [1.165, 1.54) is 37.8 Å². The number of ether oxygens (including phenoxy) is 2. The minimum absolute atomic E-state index is 0.282. The van der Waals surface area contributed by atoms with Gasteiger partial charge in [0.1, 0.15) is 0 Å². The predicted octanol–water partition coefficient (Wildman–Crippen LogP) is 3.86. The molecule has 3 heteroatoms. The summed E-state index contributed by atoms with van der Waals surface area (Å²) >= 11 is 0. The number of rotatable bonds is 3. The lowest BCUT2D eigenvalue weighted by atomic mass is 9.59. The van der Waals surface area contributed by atoms with Crippen molar-refractivity contribution >= 4 is 0 Å². The Hall–Kier alpha value is -1.22. The molecular formula is C19H29NO2. The van der Waals surface area contributed by atoms with Gasteiger partial charge in [0.2, 0.25) is 0 Å². The Kier molecular flexibility index (Phi) is 3.88. The molecule has 1 aromatic rings. The fourth-order valence-corrected chi connectivity index (χ4v) is 4.58. The molecule has 1 saturated heterocycles. The van der Waals surface area contributed by atoms with E-state index in [0.29, 0.717) is 11.5 Å². The fraction of sp³-hybridized carbons (Fsp3) is 0.684. The van der Waals surface area contributed by atoms with Gasteiger partial charge in [0.25, 0.3) is 0 Å². The molecule has 3 nitrogen and oxygen atoms in total. The van der Waals surface area contributed by atoms with Gasteiger partial charge >= 0.3 is 0 Å². The molecule has 0 radical (unpaired) electrons. The molecule has 2 aliphatic rings. The normalized spacial score (nSPS) is 30.9. The van der Waals surface area contributed by atoms with E-state index in [9.17, 15) is 0 Å². The van der Waals surface area contributed by atoms with Gasteiger partial charge < -0.3 is 14.4 Å². The fourth-order valence-electron chi connectivity index (χ4n) is 4.58. The van der Waals surface area contributed by atoms with Gasteiger partial charge in [0.05, 0.1) is 14.2 Å². The predicted molar refractivity (Wildman–Crippen MR) is 89.9 cm³/mol. The first-order chi connectivity index (χ1) is 10.4. The van der Waals surface area contributed by atoms with Crippen LogP contribution < -0.4 is 9.47 Å². The number of fused-ring (bicyclic) bond motifs is 1. The van der Waals surface area contributed by atoms with Gasteiger partial charge in [-0.1, -0.05) is 19.9 Å². The van der Waals surface area contributed by atoms with Crippen LogP contribution in [0.2, 0.25) is 0 Å². The van der Waals surface area contributed by atoms with Crippen molar-refractivity contribution in [1.29, 1.82) is 0 Å². The second-order valence-corrected chi connectivity index (χ2v) is 7.84. The highest BCUT2D eigenvalue weighted by Gasteiger charge is 2.52. The summed E-state index contributed by atoms with van der Waals surface area (Å²) in [5.74, 6) is 1.68. The summed E-state index contributed by atoms with van der Waals surface area (Å²) < 4.78 is 10.9. The highest BCUT2D eigenvalue weighted by molar-refractivity contribution is 5.46. The van der Waals surface area contributed by atoms with Gasteiger partial charge in [-0.3, -0.25) is 0 Å². The highest BCUT2D eigenvalue weighted by atomic mass is 16.5. The van der Waals surface area contributed by atoms with Crippen LogP contribution in [0.5, 0.6) is 11.5 Å². The van der Waals surface area contributed by atoms with Crippen molar-refractivity contribution < 1.29 is 9.47 Å². The first-order valence-corrected chi connectivity index (χ1v) is 8.35. The molecule has 0 spiro atoms. The number of hydrogen-bond acceptors (Lipinski definition) is 3. The van der Waals surface area contributed by atoms with E-state index < -0.39 is 0 Å². The van der Waals surface area contributed by atoms with E-state index in [1.807, 2.05) is 0 Å². The van der Waals surface area contributed by atoms with Gasteiger partial charge in [-0.2, -0.15) is 0 Å². The molecular weight excluding hydrogens is 274 g/mol. The third-order valence-corrected chi connectivity index (χ3v) is 6.03. The van der Waals surface area contributed by atoms with Crippen LogP contribution >= 0.6 is 0 Å². The zero-order valence-electron chi connectivity index (χ0n) is 14.6. The molecule has 122 valence electrons. The SMILES string of the molecule is COc1ccc([C@]23CCN(C)[C@H]2CC(C)(C)CC3)cc1OC. The molecule has 1 aliphatic carbocycles. The Morgan fingerprint density at radius 2 is 1.77 bits per heavy atom. The summed E-state index contributed by atoms with van der Waals surface area (Å²) in [6, 6.07) is 7.17. The maximum Gasteiger partial charge on any atom is 0.161 e. The van der Waals surface area contributed by atoms with Crippen LogP contribution in [0, 0.1) is 5.41 Å². The van der Waals surface area contributed by atoms with Crippen LogP contribution in [0.1, 0.15) is 45.1 Å². The molecule has 0 amide bonds. The molecule has 0 bridgehead atoms. The average Bonchev–Trinajstić information content (AvgIpc) is 2.83. The second kappa shape index (κ2) is 5.45. The summed E-state index contributed by atoms with van der Waals surface area (Å²) in [5.41, 5.74) is 2.16. The molecule has 2 fully saturated rings. The Labute approximate surface area is 134 Å². The van der Waals surface area contributed by atoms with Crippen LogP contribution in [0.15, 0.2) is 18.2 Å². The zero-order chi connectivity index (χ0) is 16.0. The van der Waals surface area contributed by atoms with Gasteiger partial charge in [-0.05, 0) is 62.4 Å². The first kappa shape index (κ1) is 15.7. The molecule has 3 rings (SSSR count). The summed E-state index contributed by atoms with van der Waals surface area (Å²) in [6.07, 6.45) is 5.09. The number of benzene rings is 1. The number of methoxy groups -OCH3 is 2. The number of hydrogen-bond donors (Lipinski definition) is 0. The lowest BCUT2D eigenvalue weighted by Gasteiger charge is -2.48. The summed E-state index contributed by atoms with van der Waals surface area (Å²) in [4.78, 5) is 2.57. The van der Waals surface area contributed by atoms with Crippen molar-refractivity contribution in [1.82, 2.24) is 4.90 Å². The van der Waals surface area contributed by atoms with E-state index in [0.717, 1.165) is 11.5 Å². The highest BCUT2D eigenvalue weighted by Crippen LogP contribution is 2.54. The third kappa shape index (κ3) is 2.40. The van der Waals surface area contributed by atoms with Crippen LogP contribution in [-0.4, -0.2) is 38.8 Å². The molecule has 1 heterocycles. The summed E-state index contributed by atoms with van der Waals surface area (Å²) in [6.45, 7) is 6.02. The Morgan fingerprint density at radius 1 is 1.05 bits per heavy atom. The third-order valence-electron chi connectivity index (χ3n) is 6.03. The largest absolute Gasteiger partial charge is 0.493 e. The minimum Gasteiger partial charge on any atom is -0.493 e. The van der Waals surface area contributed by atoms with Crippen molar-refractivity contribution in [3.05, 3.63) is 23.8 Å². The number of nitrogens with zero attached hydrogens (tertiary/aromatic N) is 1. The minimum atomic E-state index is 0.282. The molecule has 1 aliphatic heterocycles. The Balaban J connectivity index is 2.02. The van der Waals surface area contributed by atoms with Crippen LogP contribution in [0.4, 0.5) is 0 Å². The summed E-state index contributed by atoms with van der Waals surface area (Å²) in [5, 5.41) is 0. The van der Waals surface area contributed by atoms with Crippen molar-refractivity contribution in [2.24, 2.45) is 5.41 Å². The van der Waals surface area contributed by atoms with E-state index >= 15 is 0 Å².